The van der Waals surface area contributed by atoms with Gasteiger partial charge in [0.1, 0.15) is 24.2 Å². The van der Waals surface area contributed by atoms with Crippen molar-refractivity contribution in [3.8, 4) is 0 Å². The van der Waals surface area contributed by atoms with E-state index in [4.69, 9.17) is 20.1 Å². The quantitative estimate of drug-likeness (QED) is 0.0655. The first-order chi connectivity index (χ1) is 30.4. The Kier molecular flexibility index (Phi) is 16.9. The highest BCUT2D eigenvalue weighted by Gasteiger charge is 2.69. The number of carboxylic acid groups (broad SMARTS) is 2. The van der Waals surface area contributed by atoms with Gasteiger partial charge in [-0.05, 0) is 99.5 Å². The second-order valence-electron chi connectivity index (χ2n) is 20.5. The summed E-state index contributed by atoms with van der Waals surface area (Å²) >= 11 is 0. The van der Waals surface area contributed by atoms with Gasteiger partial charge in [0.25, 0.3) is 0 Å². The number of aliphatic carboxylic acids is 2. The van der Waals surface area contributed by atoms with Crippen molar-refractivity contribution in [3.63, 3.8) is 0 Å². The Morgan fingerprint density at radius 2 is 1.54 bits per heavy atom. The van der Waals surface area contributed by atoms with Gasteiger partial charge in [0.05, 0.1) is 30.6 Å². The summed E-state index contributed by atoms with van der Waals surface area (Å²) in [5.41, 5.74) is 9.52. The molecule has 5 amide bonds. The molecule has 1 aromatic rings. The molecular formula is C47H73BN6O11. The maximum Gasteiger partial charge on any atom is 0.481 e. The molecule has 0 spiro atoms. The summed E-state index contributed by atoms with van der Waals surface area (Å²) in [6.45, 7) is 18.3. The van der Waals surface area contributed by atoms with Gasteiger partial charge in [-0.15, -0.1) is 0 Å². The summed E-state index contributed by atoms with van der Waals surface area (Å²) in [7, 11) is -0.642. The fourth-order valence-corrected chi connectivity index (χ4v) is 10.4. The van der Waals surface area contributed by atoms with Crippen LogP contribution in [0.3, 0.4) is 0 Å². The number of carboxylic acids is 2. The van der Waals surface area contributed by atoms with Crippen molar-refractivity contribution in [3.05, 3.63) is 34.9 Å². The van der Waals surface area contributed by atoms with Crippen LogP contribution in [0, 0.1) is 42.4 Å². The molecule has 360 valence electrons. The topological polar surface area (TPSA) is 256 Å². The zero-order valence-electron chi connectivity index (χ0n) is 39.7. The van der Waals surface area contributed by atoms with Crippen molar-refractivity contribution in [2.75, 3.05) is 6.54 Å². The maximum atomic E-state index is 14.5. The Morgan fingerprint density at radius 3 is 2.17 bits per heavy atom. The number of aryl methyl sites for hydroxylation is 3. The highest BCUT2D eigenvalue weighted by atomic mass is 16.7. The number of rotatable bonds is 22. The Bertz CT molecular complexity index is 1950. The van der Waals surface area contributed by atoms with Crippen molar-refractivity contribution in [2.45, 2.75) is 181 Å². The third-order valence-corrected chi connectivity index (χ3v) is 14.9. The molecule has 1 aromatic carbocycles. The number of carbonyl (C=O) groups is 7. The summed E-state index contributed by atoms with van der Waals surface area (Å²) in [4.78, 5) is 93.1. The SMILES string of the molecule is Cc1ccc(C)c(CCCC[C@H](NC(=O)[C@@H]2CCCN2C(=O)[C@@H](NC(=O)[C@@H](NC(=O)[C@H](CCC(=O)O)NC(=O)[C@@H](N)CC(=O)O)C(C)C)C(C)C)B2O[C@@H]3[C@@H](C[C@@H]4C[C@@]3(C)C4(C)C)O2)c1. The van der Waals surface area contributed by atoms with E-state index < -0.39 is 104 Å². The van der Waals surface area contributed by atoms with Gasteiger partial charge in [-0.25, -0.2) is 0 Å². The Balaban J connectivity index is 1.27. The minimum Gasteiger partial charge on any atom is -0.481 e. The number of hydrogen-bond donors (Lipinski definition) is 7. The van der Waals surface area contributed by atoms with Crippen LogP contribution in [0.25, 0.3) is 0 Å². The average Bonchev–Trinajstić information content (AvgIpc) is 3.91. The van der Waals surface area contributed by atoms with Crippen molar-refractivity contribution in [2.24, 2.45) is 34.3 Å². The molecule has 2 aliphatic heterocycles. The van der Waals surface area contributed by atoms with Gasteiger partial charge < -0.3 is 51.4 Å². The Hall–Kier alpha value is -4.55. The molecule has 3 saturated carbocycles. The van der Waals surface area contributed by atoms with E-state index in [9.17, 15) is 38.7 Å². The molecule has 8 N–H and O–H groups in total. The Labute approximate surface area is 384 Å². The lowest BCUT2D eigenvalue weighted by molar-refractivity contribution is -0.220. The molecule has 5 aliphatic rings. The molecule has 65 heavy (non-hydrogen) atoms. The van der Waals surface area contributed by atoms with E-state index in [1.807, 2.05) is 0 Å². The molecule has 17 nitrogen and oxygen atoms in total. The van der Waals surface area contributed by atoms with E-state index in [0.29, 0.717) is 31.7 Å². The normalized spacial score (nSPS) is 25.4. The number of nitrogens with two attached hydrogens (primary N) is 1. The summed E-state index contributed by atoms with van der Waals surface area (Å²) in [5.74, 6) is -6.77. The predicted molar refractivity (Wildman–Crippen MR) is 243 cm³/mol. The molecule has 10 atom stereocenters. The first kappa shape index (κ1) is 51.4. The second kappa shape index (κ2) is 21.4. The molecule has 3 aliphatic carbocycles. The van der Waals surface area contributed by atoms with Crippen LogP contribution in [-0.2, 0) is 49.3 Å². The molecule has 18 heteroatoms. The van der Waals surface area contributed by atoms with Gasteiger partial charge in [0.15, 0.2) is 0 Å². The lowest BCUT2D eigenvalue weighted by atomic mass is 9.39. The van der Waals surface area contributed by atoms with Gasteiger partial charge in [-0.3, -0.25) is 33.6 Å². The van der Waals surface area contributed by atoms with Crippen LogP contribution in [0.1, 0.15) is 129 Å². The number of benzene rings is 1. The van der Waals surface area contributed by atoms with E-state index in [1.54, 1.807) is 27.7 Å². The third-order valence-electron chi connectivity index (χ3n) is 14.9. The molecular weight excluding hydrogens is 835 g/mol. The molecule has 6 rings (SSSR count). The zero-order valence-corrected chi connectivity index (χ0v) is 39.7. The number of nitrogens with one attached hydrogen (secondary N) is 4. The summed E-state index contributed by atoms with van der Waals surface area (Å²) in [6, 6.07) is 0.408. The fraction of sp³-hybridized carbons (Fsp3) is 0.723. The molecule has 2 saturated heterocycles. The van der Waals surface area contributed by atoms with E-state index in [1.165, 1.54) is 21.6 Å². The van der Waals surface area contributed by atoms with Gasteiger partial charge in [0, 0.05) is 18.4 Å². The van der Waals surface area contributed by atoms with E-state index in [0.717, 1.165) is 32.1 Å². The number of amides is 5. The van der Waals surface area contributed by atoms with Crippen LogP contribution in [0.4, 0.5) is 0 Å². The number of unbranched alkanes of at least 4 members (excludes halogenated alkanes) is 1. The summed E-state index contributed by atoms with van der Waals surface area (Å²) in [6.07, 6.45) is 4.48. The number of nitrogens with zero attached hydrogens (tertiary/aromatic N) is 1. The smallest absolute Gasteiger partial charge is 0.481 e. The monoisotopic (exact) mass is 909 g/mol. The van der Waals surface area contributed by atoms with Crippen LogP contribution in [-0.4, -0.2) is 119 Å². The minimum absolute atomic E-state index is 0.0373. The van der Waals surface area contributed by atoms with Crippen molar-refractivity contribution >= 4 is 48.6 Å². The van der Waals surface area contributed by atoms with Crippen LogP contribution in [0.5, 0.6) is 0 Å². The fourth-order valence-electron chi connectivity index (χ4n) is 10.4. The third kappa shape index (κ3) is 11.9. The standard InChI is InChI=1S/C47H73BN6O11/c1-25(2)38(52-42(60)32(18-19-36(55)56)50-41(59)31(49)23-37(57)58)44(62)53-39(26(3)4)45(63)54-20-12-14-33(54)43(61)51-35(15-11-10-13-29-21-27(5)16-17-28(29)6)48-64-34-22-30-24-47(9,40(34)65-48)46(30,7)8/h16-17,21,25-26,30-35,38-40H,10-15,18-20,22-24,49H2,1-9H3,(H,50,59)(H,51,61)(H,52,60)(H,53,62)(H,55,56)(H,57,58)/t30-,31+,32+,33+,34-,35+,38+,39+,40-,47-/m1/s1. The first-order valence-electron chi connectivity index (χ1n) is 23.5. The van der Waals surface area contributed by atoms with E-state index >= 15 is 0 Å². The summed E-state index contributed by atoms with van der Waals surface area (Å²) < 4.78 is 13.5. The van der Waals surface area contributed by atoms with Crippen molar-refractivity contribution in [1.29, 1.82) is 0 Å². The maximum absolute atomic E-state index is 14.5. The van der Waals surface area contributed by atoms with Gasteiger partial charge in [-0.2, -0.15) is 0 Å². The zero-order chi connectivity index (χ0) is 48.1. The van der Waals surface area contributed by atoms with Gasteiger partial charge in [0.2, 0.25) is 29.5 Å². The Morgan fingerprint density at radius 1 is 0.862 bits per heavy atom. The molecule has 2 heterocycles. The number of likely N-dealkylation sites (tertiary alicyclic amines) is 1. The van der Waals surface area contributed by atoms with Crippen LogP contribution >= 0.6 is 0 Å². The average molecular weight is 909 g/mol. The van der Waals surface area contributed by atoms with Crippen molar-refractivity contribution < 1.29 is 53.1 Å². The molecule has 5 fully saturated rings. The number of carbonyl (C=O) groups excluding carboxylic acids is 5. The highest BCUT2D eigenvalue weighted by molar-refractivity contribution is 6.47. The molecule has 0 radical (unpaired) electrons. The molecule has 0 unspecified atom stereocenters. The first-order valence-corrected chi connectivity index (χ1v) is 23.5. The van der Waals surface area contributed by atoms with E-state index in [-0.39, 0.29) is 35.4 Å². The van der Waals surface area contributed by atoms with E-state index in [2.05, 4.69) is 74.1 Å². The largest absolute Gasteiger partial charge is 0.481 e. The lowest BCUT2D eigenvalue weighted by Crippen LogP contribution is -2.66. The van der Waals surface area contributed by atoms with Gasteiger partial charge in [-0.1, -0.05) is 78.6 Å². The predicted octanol–water partition coefficient (Wildman–Crippen LogP) is 3.19. The van der Waals surface area contributed by atoms with Gasteiger partial charge >= 0.3 is 19.1 Å². The molecule has 2 bridgehead atoms. The molecule has 0 aromatic heterocycles. The highest BCUT2D eigenvalue weighted by Crippen LogP contribution is 2.69. The number of hydrogen-bond acceptors (Lipinski definition) is 10. The van der Waals surface area contributed by atoms with Crippen LogP contribution in [0.2, 0.25) is 0 Å². The minimum atomic E-state index is -1.51. The van der Waals surface area contributed by atoms with Crippen LogP contribution < -0.4 is 27.0 Å². The van der Waals surface area contributed by atoms with Crippen molar-refractivity contribution in [1.82, 2.24) is 26.2 Å². The summed E-state index contributed by atoms with van der Waals surface area (Å²) in [5, 5.41) is 29.3. The second-order valence-corrected chi connectivity index (χ2v) is 20.5. The lowest BCUT2D eigenvalue weighted by Gasteiger charge is -2.67. The van der Waals surface area contributed by atoms with Crippen LogP contribution in [0.15, 0.2) is 18.2 Å².